The second-order valence-electron chi connectivity index (χ2n) is 3.81. The predicted octanol–water partition coefficient (Wildman–Crippen LogP) is 2.83. The fourth-order valence-electron chi connectivity index (χ4n) is 1.80. The van der Waals surface area contributed by atoms with Crippen LogP contribution >= 0.6 is 0 Å². The van der Waals surface area contributed by atoms with E-state index in [1.54, 1.807) is 25.1 Å². The molecule has 1 aromatic carbocycles. The zero-order chi connectivity index (χ0) is 12.4. The largest absolute Gasteiger partial charge is 0.481 e. The number of methoxy groups -OCH3 is 1. The van der Waals surface area contributed by atoms with Gasteiger partial charge in [0.15, 0.2) is 0 Å². The third kappa shape index (κ3) is 2.08. The molecule has 3 nitrogen and oxygen atoms in total. The van der Waals surface area contributed by atoms with Crippen LogP contribution in [0.4, 0.5) is 4.39 Å². The van der Waals surface area contributed by atoms with Crippen molar-refractivity contribution in [3.8, 4) is 5.88 Å². The van der Waals surface area contributed by atoms with Crippen LogP contribution in [-0.4, -0.2) is 17.2 Å². The Labute approximate surface area is 98.9 Å². The molecule has 0 saturated heterocycles. The average molecular weight is 235 g/mol. The molecule has 4 heteroatoms. The van der Waals surface area contributed by atoms with Crippen molar-refractivity contribution in [3.05, 3.63) is 35.6 Å². The molecule has 90 valence electrons. The molecule has 0 bridgehead atoms. The van der Waals surface area contributed by atoms with Gasteiger partial charge in [-0.1, -0.05) is 6.92 Å². The van der Waals surface area contributed by atoms with Crippen molar-refractivity contribution in [2.45, 2.75) is 19.4 Å². The van der Waals surface area contributed by atoms with E-state index in [1.165, 1.54) is 13.2 Å². The SMILES string of the molecule is CCC(O)c1c(F)ccc2ccc(OC)nc12. The van der Waals surface area contributed by atoms with Gasteiger partial charge in [-0.2, -0.15) is 0 Å². The number of aromatic nitrogens is 1. The van der Waals surface area contributed by atoms with Gasteiger partial charge < -0.3 is 9.84 Å². The molecular weight excluding hydrogens is 221 g/mol. The molecule has 1 unspecified atom stereocenters. The molecule has 1 aromatic heterocycles. The normalized spacial score (nSPS) is 12.7. The fraction of sp³-hybridized carbons (Fsp3) is 0.308. The van der Waals surface area contributed by atoms with E-state index in [4.69, 9.17) is 4.74 Å². The van der Waals surface area contributed by atoms with Crippen LogP contribution in [0.3, 0.4) is 0 Å². The maximum Gasteiger partial charge on any atom is 0.213 e. The van der Waals surface area contributed by atoms with Gasteiger partial charge in [0, 0.05) is 17.0 Å². The number of ether oxygens (including phenoxy) is 1. The molecule has 17 heavy (non-hydrogen) atoms. The maximum atomic E-state index is 13.8. The van der Waals surface area contributed by atoms with Gasteiger partial charge in [-0.05, 0) is 24.6 Å². The minimum absolute atomic E-state index is 0.240. The number of halogens is 1. The summed E-state index contributed by atoms with van der Waals surface area (Å²) in [6, 6.07) is 6.50. The molecule has 0 fully saturated rings. The van der Waals surface area contributed by atoms with E-state index in [9.17, 15) is 9.50 Å². The number of aliphatic hydroxyl groups excluding tert-OH is 1. The molecule has 2 aromatic rings. The van der Waals surface area contributed by atoms with Crippen LogP contribution < -0.4 is 4.74 Å². The number of pyridine rings is 1. The van der Waals surface area contributed by atoms with E-state index in [-0.39, 0.29) is 5.56 Å². The van der Waals surface area contributed by atoms with Crippen LogP contribution in [0.15, 0.2) is 24.3 Å². The Morgan fingerprint density at radius 3 is 2.71 bits per heavy atom. The van der Waals surface area contributed by atoms with Crippen LogP contribution in [0, 0.1) is 5.82 Å². The summed E-state index contributed by atoms with van der Waals surface area (Å²) >= 11 is 0. The lowest BCUT2D eigenvalue weighted by Crippen LogP contribution is -2.02. The van der Waals surface area contributed by atoms with Gasteiger partial charge in [-0.3, -0.25) is 0 Å². The minimum atomic E-state index is -0.849. The van der Waals surface area contributed by atoms with E-state index in [2.05, 4.69) is 4.98 Å². The van der Waals surface area contributed by atoms with Crippen LogP contribution in [0.2, 0.25) is 0 Å². The summed E-state index contributed by atoms with van der Waals surface area (Å²) in [4.78, 5) is 4.20. The number of benzene rings is 1. The monoisotopic (exact) mass is 235 g/mol. The standard InChI is InChI=1S/C13H14FNO2/c1-3-10(16)12-9(14)6-4-8-5-7-11(17-2)15-13(8)12/h4-7,10,16H,3H2,1-2H3. The van der Waals surface area contributed by atoms with Gasteiger partial charge in [0.2, 0.25) is 5.88 Å². The zero-order valence-electron chi connectivity index (χ0n) is 9.77. The molecular formula is C13H14FNO2. The number of hydrogen-bond donors (Lipinski definition) is 1. The predicted molar refractivity (Wildman–Crippen MR) is 63.5 cm³/mol. The van der Waals surface area contributed by atoms with Gasteiger partial charge in [-0.15, -0.1) is 0 Å². The number of hydrogen-bond acceptors (Lipinski definition) is 3. The van der Waals surface area contributed by atoms with E-state index >= 15 is 0 Å². The van der Waals surface area contributed by atoms with Gasteiger partial charge >= 0.3 is 0 Å². The van der Waals surface area contributed by atoms with E-state index < -0.39 is 11.9 Å². The summed E-state index contributed by atoms with van der Waals surface area (Å²) in [5.41, 5.74) is 0.697. The Morgan fingerprint density at radius 2 is 2.06 bits per heavy atom. The molecule has 0 radical (unpaired) electrons. The lowest BCUT2D eigenvalue weighted by Gasteiger charge is -2.12. The number of nitrogens with zero attached hydrogens (tertiary/aromatic N) is 1. The first-order chi connectivity index (χ1) is 8.17. The molecule has 0 aliphatic carbocycles. The molecule has 0 spiro atoms. The fourth-order valence-corrected chi connectivity index (χ4v) is 1.80. The number of rotatable bonds is 3. The molecule has 0 aliphatic heterocycles. The lowest BCUT2D eigenvalue weighted by atomic mass is 10.0. The summed E-state index contributed by atoms with van der Waals surface area (Å²) < 4.78 is 18.8. The third-order valence-electron chi connectivity index (χ3n) is 2.75. The van der Waals surface area contributed by atoms with Crippen molar-refractivity contribution in [1.82, 2.24) is 4.98 Å². The first kappa shape index (κ1) is 11.8. The summed E-state index contributed by atoms with van der Waals surface area (Å²) in [6.45, 7) is 1.79. The summed E-state index contributed by atoms with van der Waals surface area (Å²) in [5, 5.41) is 10.6. The van der Waals surface area contributed by atoms with Crippen molar-refractivity contribution in [2.24, 2.45) is 0 Å². The molecule has 1 heterocycles. The molecule has 1 N–H and O–H groups in total. The van der Waals surface area contributed by atoms with Crippen molar-refractivity contribution >= 4 is 10.9 Å². The van der Waals surface area contributed by atoms with Crippen molar-refractivity contribution in [1.29, 1.82) is 0 Å². The van der Waals surface area contributed by atoms with E-state index in [0.29, 0.717) is 17.8 Å². The number of fused-ring (bicyclic) bond motifs is 1. The topological polar surface area (TPSA) is 42.4 Å². The van der Waals surface area contributed by atoms with E-state index in [1.807, 2.05) is 0 Å². The maximum absolute atomic E-state index is 13.8. The summed E-state index contributed by atoms with van der Waals surface area (Å²) in [6.07, 6.45) is -0.409. The first-order valence-corrected chi connectivity index (χ1v) is 5.48. The average Bonchev–Trinajstić information content (AvgIpc) is 2.37. The Balaban J connectivity index is 2.73. The highest BCUT2D eigenvalue weighted by atomic mass is 19.1. The molecule has 0 aliphatic rings. The third-order valence-corrected chi connectivity index (χ3v) is 2.75. The first-order valence-electron chi connectivity index (χ1n) is 5.48. The molecule has 1 atom stereocenters. The second kappa shape index (κ2) is 4.67. The Morgan fingerprint density at radius 1 is 1.35 bits per heavy atom. The summed E-state index contributed by atoms with van der Waals surface area (Å²) in [5.74, 6) is -0.0275. The Kier molecular flexibility index (Phi) is 3.24. The highest BCUT2D eigenvalue weighted by Gasteiger charge is 2.16. The van der Waals surface area contributed by atoms with Gasteiger partial charge in [-0.25, -0.2) is 9.37 Å². The summed E-state index contributed by atoms with van der Waals surface area (Å²) in [7, 11) is 1.50. The highest BCUT2D eigenvalue weighted by molar-refractivity contribution is 5.82. The molecule has 2 rings (SSSR count). The number of aliphatic hydroxyl groups is 1. The minimum Gasteiger partial charge on any atom is -0.481 e. The van der Waals surface area contributed by atoms with Crippen LogP contribution in [0.25, 0.3) is 10.9 Å². The van der Waals surface area contributed by atoms with Gasteiger partial charge in [0.1, 0.15) is 5.82 Å². The molecule has 0 amide bonds. The molecule has 0 saturated carbocycles. The lowest BCUT2D eigenvalue weighted by molar-refractivity contribution is 0.170. The highest BCUT2D eigenvalue weighted by Crippen LogP contribution is 2.28. The van der Waals surface area contributed by atoms with Crippen molar-refractivity contribution in [3.63, 3.8) is 0 Å². The smallest absolute Gasteiger partial charge is 0.213 e. The van der Waals surface area contributed by atoms with Crippen molar-refractivity contribution in [2.75, 3.05) is 7.11 Å². The van der Waals surface area contributed by atoms with Crippen molar-refractivity contribution < 1.29 is 14.2 Å². The van der Waals surface area contributed by atoms with Gasteiger partial charge in [0.05, 0.1) is 18.7 Å². The van der Waals surface area contributed by atoms with E-state index in [0.717, 1.165) is 5.39 Å². The van der Waals surface area contributed by atoms with Crippen LogP contribution in [0.1, 0.15) is 25.0 Å². The zero-order valence-corrected chi connectivity index (χ0v) is 9.77. The van der Waals surface area contributed by atoms with Crippen LogP contribution in [0.5, 0.6) is 5.88 Å². The Hall–Kier alpha value is -1.68. The second-order valence-corrected chi connectivity index (χ2v) is 3.81. The quantitative estimate of drug-likeness (QED) is 0.889. The van der Waals surface area contributed by atoms with Crippen LogP contribution in [-0.2, 0) is 0 Å². The Bertz CT molecular complexity index is 542. The van der Waals surface area contributed by atoms with Gasteiger partial charge in [0.25, 0.3) is 0 Å².